The van der Waals surface area contributed by atoms with Crippen molar-refractivity contribution in [2.75, 3.05) is 11.9 Å². The van der Waals surface area contributed by atoms with E-state index in [0.29, 0.717) is 5.69 Å². The van der Waals surface area contributed by atoms with E-state index in [4.69, 9.17) is 13.3 Å². The van der Waals surface area contributed by atoms with Crippen molar-refractivity contribution in [3.8, 4) is 0 Å². The van der Waals surface area contributed by atoms with E-state index in [1.165, 1.54) is 24.3 Å². The minimum absolute atomic E-state index is 0.00177. The summed E-state index contributed by atoms with van der Waals surface area (Å²) in [6.45, 7) is 0.273. The Morgan fingerprint density at radius 1 is 1.25 bits per heavy atom. The Hall–Kier alpha value is -1.23. The first-order chi connectivity index (χ1) is 7.39. The van der Waals surface area contributed by atoms with Crippen LogP contribution in [0.2, 0.25) is 0 Å². The zero-order valence-electron chi connectivity index (χ0n) is 8.33. The molecule has 7 heteroatoms. The van der Waals surface area contributed by atoms with Crippen molar-refractivity contribution >= 4 is 30.2 Å². The molecule has 1 aromatic rings. The second kappa shape index (κ2) is 5.20. The third-order valence-corrected chi connectivity index (χ3v) is 3.91. The molecule has 6 nitrogen and oxygen atoms in total. The average Bonchev–Trinajstić information content (AvgIpc) is 2.16. The molecule has 0 aromatic heterocycles. The molecule has 16 heavy (non-hydrogen) atoms. The van der Waals surface area contributed by atoms with Crippen LogP contribution < -0.4 is 9.67 Å². The Labute approximate surface area is 94.9 Å². The second-order valence-corrected chi connectivity index (χ2v) is 6.53. The second-order valence-electron chi connectivity index (χ2n) is 3.16. The molecule has 0 fully saturated rings. The Balaban J connectivity index is 2.58. The zero-order valence-corrected chi connectivity index (χ0v) is 10.2. The van der Waals surface area contributed by atoms with E-state index in [1.807, 2.05) is 0 Å². The number of rotatable bonds is 5. The third-order valence-electron chi connectivity index (χ3n) is 1.87. The molecule has 0 bridgehead atoms. The van der Waals surface area contributed by atoms with Crippen LogP contribution in [-0.4, -0.2) is 40.0 Å². The molecule has 0 saturated heterocycles. The van der Waals surface area contributed by atoms with Crippen LogP contribution in [0.5, 0.6) is 0 Å². The van der Waals surface area contributed by atoms with Gasteiger partial charge in [0.2, 0.25) is 0 Å². The van der Waals surface area contributed by atoms with Gasteiger partial charge in [-0.2, -0.15) is 0 Å². The van der Waals surface area contributed by atoms with Crippen molar-refractivity contribution < 1.29 is 21.8 Å². The number of hydrogen-bond acceptors (Lipinski definition) is 3. The third kappa shape index (κ3) is 4.10. The fraction of sp³-hybridized carbons (Fsp3) is 0.222. The van der Waals surface area contributed by atoms with Crippen LogP contribution in [0.3, 0.4) is 0 Å². The molecule has 0 amide bonds. The fourth-order valence-electron chi connectivity index (χ4n) is 1.09. The van der Waals surface area contributed by atoms with Gasteiger partial charge >= 0.3 is 94.6 Å². The number of nitrogens with one attached hydrogen (secondary N) is 1. The summed E-state index contributed by atoms with van der Waals surface area (Å²) in [5.41, 5.74) is 0.633. The van der Waals surface area contributed by atoms with Gasteiger partial charge in [0.25, 0.3) is 0 Å². The van der Waals surface area contributed by atoms with E-state index < -0.39 is 20.1 Å². The summed E-state index contributed by atoms with van der Waals surface area (Å²) in [6, 6.07) is 5.70. The number of carbonyl (C=O) groups is 1. The van der Waals surface area contributed by atoms with Crippen molar-refractivity contribution in [2.24, 2.45) is 0 Å². The first kappa shape index (κ1) is 12.8. The summed E-state index contributed by atoms with van der Waals surface area (Å²) in [6.07, 6.45) is -0.00985. The number of anilines is 1. The van der Waals surface area contributed by atoms with Gasteiger partial charge in [-0.25, -0.2) is 0 Å². The normalized spacial score (nSPS) is 11.1. The van der Waals surface area contributed by atoms with E-state index in [9.17, 15) is 8.53 Å². The first-order valence-electron chi connectivity index (χ1n) is 4.51. The zero-order chi connectivity index (χ0) is 12.2. The first-order valence-corrected chi connectivity index (χ1v) is 7.90. The number of benzene rings is 1. The summed E-state index contributed by atoms with van der Waals surface area (Å²) < 4.78 is 28.7. The summed E-state index contributed by atoms with van der Waals surface area (Å²) >= 11 is -4.80. The van der Waals surface area contributed by atoms with E-state index in [2.05, 4.69) is 5.32 Å². The van der Waals surface area contributed by atoms with Crippen molar-refractivity contribution in [3.63, 3.8) is 0 Å². The minimum atomic E-state index is -4.80. The molecule has 0 atom stereocenters. The molecular weight excluding hydrogens is 277 g/mol. The van der Waals surface area contributed by atoms with E-state index in [-0.39, 0.29) is 17.3 Å². The van der Waals surface area contributed by atoms with Gasteiger partial charge in [0.05, 0.1) is 0 Å². The number of carboxylic acid groups (broad SMARTS) is 1. The number of hydrogen-bond donors (Lipinski definition) is 4. The topological polar surface area (TPSA) is 107 Å². The molecule has 0 aliphatic rings. The maximum absolute atomic E-state index is 10.9. The van der Waals surface area contributed by atoms with Crippen molar-refractivity contribution in [1.82, 2.24) is 0 Å². The molecule has 0 heterocycles. The van der Waals surface area contributed by atoms with Gasteiger partial charge in [0.1, 0.15) is 0 Å². The van der Waals surface area contributed by atoms with Crippen LogP contribution in [0.1, 0.15) is 6.42 Å². The molecule has 0 radical (unpaired) electrons. The van der Waals surface area contributed by atoms with Crippen molar-refractivity contribution in [1.29, 1.82) is 0 Å². The molecule has 0 saturated carbocycles. The van der Waals surface area contributed by atoms with Crippen molar-refractivity contribution in [3.05, 3.63) is 24.3 Å². The Kier molecular flexibility index (Phi) is 4.18. The Morgan fingerprint density at radius 2 is 1.81 bits per heavy atom. The van der Waals surface area contributed by atoms with Crippen LogP contribution in [0.25, 0.3) is 0 Å². The van der Waals surface area contributed by atoms with Gasteiger partial charge < -0.3 is 0 Å². The SMILES string of the molecule is O=C(O)CCNc1ccc([As](=O)(O)O)cc1. The van der Waals surface area contributed by atoms with Gasteiger partial charge in [-0.1, -0.05) is 0 Å². The van der Waals surface area contributed by atoms with Crippen LogP contribution in [-0.2, 0) is 8.53 Å². The predicted molar refractivity (Wildman–Crippen MR) is 57.7 cm³/mol. The molecular formula is C9H12AsNO5. The number of aliphatic carboxylic acids is 1. The van der Waals surface area contributed by atoms with Crippen LogP contribution in [0, 0.1) is 0 Å². The summed E-state index contributed by atoms with van der Waals surface area (Å²) in [5.74, 6) is -0.900. The predicted octanol–water partition coefficient (Wildman–Crippen LogP) is -0.866. The van der Waals surface area contributed by atoms with E-state index >= 15 is 0 Å². The summed E-state index contributed by atoms with van der Waals surface area (Å²) in [5, 5.41) is 11.2. The molecule has 88 valence electrons. The van der Waals surface area contributed by atoms with Gasteiger partial charge in [0, 0.05) is 0 Å². The molecule has 1 rings (SSSR count). The van der Waals surface area contributed by atoms with Gasteiger partial charge in [-0.3, -0.25) is 0 Å². The summed E-state index contributed by atoms with van der Waals surface area (Å²) in [7, 11) is 0. The van der Waals surface area contributed by atoms with Gasteiger partial charge in [-0.05, 0) is 0 Å². The molecule has 0 aliphatic carbocycles. The molecule has 0 spiro atoms. The fourth-order valence-corrected chi connectivity index (χ4v) is 2.21. The molecule has 4 N–H and O–H groups in total. The van der Waals surface area contributed by atoms with Gasteiger partial charge in [-0.15, -0.1) is 0 Å². The van der Waals surface area contributed by atoms with Crippen LogP contribution in [0.15, 0.2) is 24.3 Å². The standard InChI is InChI=1S/C9H12AsNO5/c12-9(13)5-6-11-8-3-1-7(2-4-8)10(14,15)16/h1-4,11H,5-6H2,(H,12,13)(H2,14,15,16). The molecule has 1 aromatic carbocycles. The average molecular weight is 289 g/mol. The van der Waals surface area contributed by atoms with Crippen LogP contribution in [0.4, 0.5) is 5.69 Å². The molecule has 0 aliphatic heterocycles. The van der Waals surface area contributed by atoms with Crippen molar-refractivity contribution in [2.45, 2.75) is 6.42 Å². The maximum atomic E-state index is 10.9. The van der Waals surface area contributed by atoms with E-state index in [0.717, 1.165) is 0 Å². The molecule has 0 unspecified atom stereocenters. The Bertz CT molecular complexity index is 410. The number of carboxylic acids is 1. The van der Waals surface area contributed by atoms with E-state index in [1.54, 1.807) is 0 Å². The summed E-state index contributed by atoms with van der Waals surface area (Å²) in [4.78, 5) is 10.2. The quantitative estimate of drug-likeness (QED) is 0.525. The van der Waals surface area contributed by atoms with Gasteiger partial charge in [0.15, 0.2) is 0 Å². The Morgan fingerprint density at radius 3 is 2.25 bits per heavy atom. The monoisotopic (exact) mass is 289 g/mol. The van der Waals surface area contributed by atoms with Crippen LogP contribution >= 0.6 is 0 Å².